The first-order valence-corrected chi connectivity index (χ1v) is 11.1. The fraction of sp³-hybridized carbons (Fsp3) is 0.250. The fourth-order valence-corrected chi connectivity index (χ4v) is 4.05. The third kappa shape index (κ3) is 6.72. The van der Waals surface area contributed by atoms with E-state index in [2.05, 4.69) is 21.4 Å². The van der Waals surface area contributed by atoms with Crippen molar-refractivity contribution in [2.24, 2.45) is 11.8 Å². The van der Waals surface area contributed by atoms with Gasteiger partial charge in [0.1, 0.15) is 16.7 Å². The lowest BCUT2D eigenvalue weighted by atomic mass is 9.94. The Morgan fingerprint density at radius 2 is 1.94 bits per heavy atom. The van der Waals surface area contributed by atoms with E-state index >= 15 is 0 Å². The molecule has 0 saturated heterocycles. The highest BCUT2D eigenvalue weighted by molar-refractivity contribution is 7.99. The van der Waals surface area contributed by atoms with Gasteiger partial charge < -0.3 is 16.2 Å². The Morgan fingerprint density at radius 3 is 2.59 bits per heavy atom. The van der Waals surface area contributed by atoms with Crippen molar-refractivity contribution in [3.8, 4) is 6.07 Å². The van der Waals surface area contributed by atoms with E-state index in [0.717, 1.165) is 4.90 Å². The van der Waals surface area contributed by atoms with Gasteiger partial charge in [-0.3, -0.25) is 4.79 Å². The third-order valence-electron chi connectivity index (χ3n) is 4.65. The minimum Gasteiger partial charge on any atom is -0.481 e. The molecule has 8 heteroatoms. The molecule has 1 unspecified atom stereocenters. The molecule has 164 valence electrons. The maximum Gasteiger partial charge on any atom is 0.306 e. The van der Waals surface area contributed by atoms with Crippen molar-refractivity contribution in [1.82, 2.24) is 9.97 Å². The van der Waals surface area contributed by atoms with Crippen molar-refractivity contribution in [3.05, 3.63) is 66.0 Å². The molecule has 0 aliphatic heterocycles. The van der Waals surface area contributed by atoms with Crippen molar-refractivity contribution < 1.29 is 9.90 Å². The first kappa shape index (κ1) is 23.1. The molecule has 0 bridgehead atoms. The molecule has 0 spiro atoms. The van der Waals surface area contributed by atoms with Gasteiger partial charge in [-0.1, -0.05) is 31.7 Å². The first-order chi connectivity index (χ1) is 15.3. The van der Waals surface area contributed by atoms with E-state index in [9.17, 15) is 9.90 Å². The highest BCUT2D eigenvalue weighted by Crippen LogP contribution is 2.30. The van der Waals surface area contributed by atoms with Crippen LogP contribution in [0.2, 0.25) is 0 Å². The molecule has 2 aromatic carbocycles. The molecule has 3 aromatic rings. The van der Waals surface area contributed by atoms with Crippen LogP contribution in [-0.4, -0.2) is 21.0 Å². The van der Waals surface area contributed by atoms with Crippen molar-refractivity contribution in [1.29, 1.82) is 5.26 Å². The molecule has 0 saturated carbocycles. The molecule has 7 nitrogen and oxygen atoms in total. The topological polar surface area (TPSA) is 125 Å². The number of aromatic nitrogens is 2. The second-order valence-corrected chi connectivity index (χ2v) is 8.96. The largest absolute Gasteiger partial charge is 0.481 e. The average Bonchev–Trinajstić information content (AvgIpc) is 2.74. The summed E-state index contributed by atoms with van der Waals surface area (Å²) in [6.45, 7) is 4.00. The third-order valence-corrected chi connectivity index (χ3v) is 5.58. The number of nitriles is 1. The lowest BCUT2D eigenvalue weighted by Crippen LogP contribution is -2.20. The molecule has 1 atom stereocenters. The number of carboxylic acid groups (broad SMARTS) is 1. The minimum absolute atomic E-state index is 0.233. The molecule has 0 aliphatic rings. The summed E-state index contributed by atoms with van der Waals surface area (Å²) in [5.74, 6) is -0.180. The van der Waals surface area contributed by atoms with E-state index in [1.54, 1.807) is 18.2 Å². The van der Waals surface area contributed by atoms with Gasteiger partial charge in [0.15, 0.2) is 0 Å². The van der Waals surface area contributed by atoms with E-state index in [0.29, 0.717) is 40.0 Å². The Hall–Kier alpha value is -3.57. The van der Waals surface area contributed by atoms with Crippen LogP contribution in [-0.2, 0) is 11.2 Å². The number of aliphatic carboxylic acids is 1. The Kier molecular flexibility index (Phi) is 7.68. The van der Waals surface area contributed by atoms with Gasteiger partial charge in [0, 0.05) is 28.8 Å². The van der Waals surface area contributed by atoms with E-state index in [-0.39, 0.29) is 12.3 Å². The van der Waals surface area contributed by atoms with Gasteiger partial charge in [0.05, 0.1) is 17.6 Å². The number of anilines is 3. The number of rotatable bonds is 9. The molecule has 32 heavy (non-hydrogen) atoms. The monoisotopic (exact) mass is 447 g/mol. The van der Waals surface area contributed by atoms with Crippen LogP contribution >= 0.6 is 11.8 Å². The number of nitrogens with zero attached hydrogens (tertiary/aromatic N) is 3. The SMILES string of the molecule is CC(C)CC(Cc1nc(Nc2cccc(C#N)c2)cc(Sc2ccc(N)cc2)n1)C(=O)O. The molecule has 1 aromatic heterocycles. The number of nitrogens with two attached hydrogens (primary N) is 1. The van der Waals surface area contributed by atoms with Crippen molar-refractivity contribution >= 4 is 34.9 Å². The predicted octanol–water partition coefficient (Wildman–Crippen LogP) is 5.11. The standard InChI is InChI=1S/C24H25N5O2S/c1-15(2)10-17(24(30)31)12-21-28-22(27-19-5-3-4-16(11-19)14-25)13-23(29-21)32-20-8-6-18(26)7-9-20/h3-9,11,13,15,17H,10,12,26H2,1-2H3,(H,30,31)(H,27,28,29). The van der Waals surface area contributed by atoms with E-state index in [1.165, 1.54) is 11.8 Å². The Balaban J connectivity index is 1.93. The van der Waals surface area contributed by atoms with Gasteiger partial charge in [0.25, 0.3) is 0 Å². The molecular formula is C24H25N5O2S. The zero-order chi connectivity index (χ0) is 23.1. The number of benzene rings is 2. The summed E-state index contributed by atoms with van der Waals surface area (Å²) in [7, 11) is 0. The van der Waals surface area contributed by atoms with Crippen LogP contribution in [0.5, 0.6) is 0 Å². The number of hydrogen-bond donors (Lipinski definition) is 3. The molecule has 0 aliphatic carbocycles. The summed E-state index contributed by atoms with van der Waals surface area (Å²) in [6.07, 6.45) is 0.775. The van der Waals surface area contributed by atoms with Crippen LogP contribution in [0.3, 0.4) is 0 Å². The maximum absolute atomic E-state index is 11.8. The summed E-state index contributed by atoms with van der Waals surface area (Å²) in [4.78, 5) is 21.9. The first-order valence-electron chi connectivity index (χ1n) is 10.2. The van der Waals surface area contributed by atoms with Crippen LogP contribution in [0, 0.1) is 23.2 Å². The minimum atomic E-state index is -0.852. The number of hydrogen-bond acceptors (Lipinski definition) is 7. The van der Waals surface area contributed by atoms with Crippen molar-refractivity contribution in [3.63, 3.8) is 0 Å². The second-order valence-electron chi connectivity index (χ2n) is 7.87. The Bertz CT molecular complexity index is 1130. The van der Waals surface area contributed by atoms with Crippen LogP contribution < -0.4 is 11.1 Å². The van der Waals surface area contributed by atoms with Crippen LogP contribution in [0.15, 0.2) is 64.5 Å². The van der Waals surface area contributed by atoms with Crippen molar-refractivity contribution in [2.75, 3.05) is 11.1 Å². The lowest BCUT2D eigenvalue weighted by Gasteiger charge is -2.15. The molecule has 0 amide bonds. The van der Waals surface area contributed by atoms with Gasteiger partial charge in [-0.25, -0.2) is 9.97 Å². The zero-order valence-corrected chi connectivity index (χ0v) is 18.8. The van der Waals surface area contributed by atoms with Gasteiger partial charge in [-0.05, 0) is 54.8 Å². The summed E-state index contributed by atoms with van der Waals surface area (Å²) >= 11 is 1.45. The number of carbonyl (C=O) groups is 1. The smallest absolute Gasteiger partial charge is 0.306 e. The van der Waals surface area contributed by atoms with Gasteiger partial charge in [-0.2, -0.15) is 5.26 Å². The molecular weight excluding hydrogens is 422 g/mol. The molecule has 1 heterocycles. The fourth-order valence-electron chi connectivity index (χ4n) is 3.21. The number of carboxylic acids is 1. The molecule has 3 rings (SSSR count). The van der Waals surface area contributed by atoms with E-state index in [1.807, 2.05) is 50.2 Å². The van der Waals surface area contributed by atoms with Gasteiger partial charge in [-0.15, -0.1) is 0 Å². The van der Waals surface area contributed by atoms with Crippen LogP contribution in [0.25, 0.3) is 0 Å². The van der Waals surface area contributed by atoms with E-state index < -0.39 is 11.9 Å². The quantitative estimate of drug-likeness (QED) is 0.305. The number of nitrogens with one attached hydrogen (secondary N) is 1. The second kappa shape index (κ2) is 10.6. The summed E-state index contributed by atoms with van der Waals surface area (Å²) in [6, 6.07) is 18.5. The Morgan fingerprint density at radius 1 is 1.19 bits per heavy atom. The maximum atomic E-state index is 11.8. The summed E-state index contributed by atoms with van der Waals surface area (Å²) < 4.78 is 0. The summed E-state index contributed by atoms with van der Waals surface area (Å²) in [5, 5.41) is 22.7. The molecule has 0 radical (unpaired) electrons. The van der Waals surface area contributed by atoms with Gasteiger partial charge >= 0.3 is 5.97 Å². The average molecular weight is 448 g/mol. The Labute approximate surface area is 191 Å². The van der Waals surface area contributed by atoms with Crippen LogP contribution in [0.4, 0.5) is 17.2 Å². The number of nitrogen functional groups attached to an aromatic ring is 1. The molecule has 0 fully saturated rings. The molecule has 4 N–H and O–H groups in total. The van der Waals surface area contributed by atoms with Crippen LogP contribution in [0.1, 0.15) is 31.7 Å². The normalized spacial score (nSPS) is 11.7. The zero-order valence-electron chi connectivity index (χ0n) is 17.9. The van der Waals surface area contributed by atoms with Crippen molar-refractivity contribution in [2.45, 2.75) is 36.6 Å². The highest BCUT2D eigenvalue weighted by Gasteiger charge is 2.21. The van der Waals surface area contributed by atoms with E-state index in [4.69, 9.17) is 11.0 Å². The summed E-state index contributed by atoms with van der Waals surface area (Å²) in [5.41, 5.74) is 7.70. The lowest BCUT2D eigenvalue weighted by molar-refractivity contribution is -0.142. The predicted molar refractivity (Wildman–Crippen MR) is 126 cm³/mol. The highest BCUT2D eigenvalue weighted by atomic mass is 32.2. The van der Waals surface area contributed by atoms with Gasteiger partial charge in [0.2, 0.25) is 0 Å².